The molecule has 0 aliphatic carbocycles. The van der Waals surface area contributed by atoms with E-state index in [2.05, 4.69) is 27.7 Å². The first-order valence-electron chi connectivity index (χ1n) is 40.8. The van der Waals surface area contributed by atoms with Gasteiger partial charge in [-0.15, -0.1) is 0 Å². The Labute approximate surface area is 594 Å². The number of esters is 4. The molecule has 17 nitrogen and oxygen atoms in total. The van der Waals surface area contributed by atoms with Crippen molar-refractivity contribution in [2.45, 2.75) is 438 Å². The lowest BCUT2D eigenvalue weighted by Crippen LogP contribution is -2.30. The normalized spacial score (nSPS) is 13.8. The minimum absolute atomic E-state index is 0.108. The zero-order valence-corrected chi connectivity index (χ0v) is 64.8. The maximum absolute atomic E-state index is 13.1. The van der Waals surface area contributed by atoms with Gasteiger partial charge in [0.1, 0.15) is 19.3 Å². The van der Waals surface area contributed by atoms with Crippen molar-refractivity contribution in [3.8, 4) is 0 Å². The summed E-state index contributed by atoms with van der Waals surface area (Å²) in [6, 6.07) is 0. The predicted molar refractivity (Wildman–Crippen MR) is 395 cm³/mol. The molecule has 0 heterocycles. The Balaban J connectivity index is 5.19. The van der Waals surface area contributed by atoms with Gasteiger partial charge < -0.3 is 33.8 Å². The summed E-state index contributed by atoms with van der Waals surface area (Å²) in [5.74, 6) is -2.11. The molecule has 5 atom stereocenters. The highest BCUT2D eigenvalue weighted by Crippen LogP contribution is 2.45. The van der Waals surface area contributed by atoms with Crippen LogP contribution >= 0.6 is 15.6 Å². The van der Waals surface area contributed by atoms with Gasteiger partial charge in [-0.1, -0.05) is 368 Å². The third-order valence-corrected chi connectivity index (χ3v) is 20.3. The first-order chi connectivity index (χ1) is 47.2. The van der Waals surface area contributed by atoms with Crippen molar-refractivity contribution in [1.29, 1.82) is 0 Å². The van der Waals surface area contributed by atoms with Crippen LogP contribution in [0.1, 0.15) is 419 Å². The smallest absolute Gasteiger partial charge is 0.462 e. The third kappa shape index (κ3) is 72.2. The molecule has 0 aromatic heterocycles. The molecule has 97 heavy (non-hydrogen) atoms. The number of phosphoric acid groups is 2. The van der Waals surface area contributed by atoms with Gasteiger partial charge in [0.05, 0.1) is 26.4 Å². The summed E-state index contributed by atoms with van der Waals surface area (Å²) in [5, 5.41) is 10.6. The van der Waals surface area contributed by atoms with E-state index in [4.69, 9.17) is 37.0 Å². The van der Waals surface area contributed by atoms with Crippen LogP contribution in [0.25, 0.3) is 0 Å². The molecule has 19 heteroatoms. The molecule has 0 saturated carbocycles. The molecule has 0 fully saturated rings. The van der Waals surface area contributed by atoms with Crippen molar-refractivity contribution in [2.24, 2.45) is 0 Å². The number of rotatable bonds is 79. The van der Waals surface area contributed by atoms with Crippen LogP contribution < -0.4 is 0 Å². The van der Waals surface area contributed by atoms with Crippen molar-refractivity contribution in [3.63, 3.8) is 0 Å². The number of ether oxygens (including phenoxy) is 4. The molecular weight excluding hydrogens is 1270 g/mol. The fourth-order valence-corrected chi connectivity index (χ4v) is 13.7. The summed E-state index contributed by atoms with van der Waals surface area (Å²) in [5.41, 5.74) is 0. The van der Waals surface area contributed by atoms with Gasteiger partial charge in [-0.25, -0.2) is 9.13 Å². The van der Waals surface area contributed by atoms with Crippen molar-refractivity contribution < 1.29 is 80.2 Å². The van der Waals surface area contributed by atoms with Gasteiger partial charge in [0.25, 0.3) is 0 Å². The number of aliphatic hydroxyl groups is 1. The zero-order chi connectivity index (χ0) is 71.1. The van der Waals surface area contributed by atoms with Gasteiger partial charge in [-0.05, 0) is 25.7 Å². The molecule has 0 aliphatic rings. The Morgan fingerprint density at radius 1 is 0.247 bits per heavy atom. The molecule has 576 valence electrons. The lowest BCUT2D eigenvalue weighted by atomic mass is 10.0. The van der Waals surface area contributed by atoms with Gasteiger partial charge >= 0.3 is 39.5 Å². The molecule has 0 aromatic carbocycles. The zero-order valence-electron chi connectivity index (χ0n) is 63.1. The van der Waals surface area contributed by atoms with Crippen LogP contribution in [0.4, 0.5) is 0 Å². The Morgan fingerprint density at radius 3 is 0.608 bits per heavy atom. The maximum atomic E-state index is 13.1. The van der Waals surface area contributed by atoms with Crippen molar-refractivity contribution in [1.82, 2.24) is 0 Å². The molecule has 2 unspecified atom stereocenters. The predicted octanol–water partition coefficient (Wildman–Crippen LogP) is 23.4. The third-order valence-electron chi connectivity index (χ3n) is 18.4. The second kappa shape index (κ2) is 72.4. The standard InChI is InChI=1S/C78H152O17P2/c1-5-9-13-17-21-25-28-30-32-34-35-36-38-40-42-45-49-53-57-61-65-78(83)95-74(69-89-76(81)63-59-55-51-47-44-41-39-37-33-31-29-26-22-18-14-10-6-2)71-93-97(86,87)91-67-72(79)66-90-96(84,85)92-70-73(68-88-75(80)62-58-54-50-46-24-20-16-12-8-4)94-77(82)64-60-56-52-48-43-27-23-19-15-11-7-3/h72-74,79H,5-71H2,1-4H3,(H,84,85)(H,86,87)/t72-,73+,74+/m0/s1. The lowest BCUT2D eigenvalue weighted by Gasteiger charge is -2.21. The van der Waals surface area contributed by atoms with Crippen LogP contribution in [0, 0.1) is 0 Å². The fraction of sp³-hybridized carbons (Fsp3) is 0.949. The second-order valence-corrected chi connectivity index (χ2v) is 31.0. The summed E-state index contributed by atoms with van der Waals surface area (Å²) in [6.45, 7) is 4.98. The van der Waals surface area contributed by atoms with E-state index in [0.717, 1.165) is 89.9 Å². The highest BCUT2D eigenvalue weighted by Gasteiger charge is 2.30. The van der Waals surface area contributed by atoms with E-state index >= 15 is 0 Å². The molecule has 0 rings (SSSR count). The number of phosphoric ester groups is 2. The molecule has 0 aliphatic heterocycles. The fourth-order valence-electron chi connectivity index (χ4n) is 12.1. The molecule has 0 aromatic rings. The van der Waals surface area contributed by atoms with Gasteiger partial charge in [-0.2, -0.15) is 0 Å². The van der Waals surface area contributed by atoms with Gasteiger partial charge in [0, 0.05) is 25.7 Å². The van der Waals surface area contributed by atoms with E-state index in [1.807, 2.05) is 0 Å². The molecule has 0 spiro atoms. The number of aliphatic hydroxyl groups excluding tert-OH is 1. The highest BCUT2D eigenvalue weighted by molar-refractivity contribution is 7.47. The first kappa shape index (κ1) is 95.1. The van der Waals surface area contributed by atoms with Crippen LogP contribution in [0.15, 0.2) is 0 Å². The summed E-state index contributed by atoms with van der Waals surface area (Å²) < 4.78 is 68.5. The molecule has 3 N–H and O–H groups in total. The molecule has 0 bridgehead atoms. The van der Waals surface area contributed by atoms with E-state index in [0.29, 0.717) is 25.7 Å². The Morgan fingerprint density at radius 2 is 0.412 bits per heavy atom. The summed E-state index contributed by atoms with van der Waals surface area (Å²) in [4.78, 5) is 72.8. The Kier molecular flexibility index (Phi) is 71.0. The Hall–Kier alpha value is -1.94. The number of unbranched alkanes of at least 4 members (excludes halogenated alkanes) is 53. The lowest BCUT2D eigenvalue weighted by molar-refractivity contribution is -0.161. The molecular formula is C78H152O17P2. The van der Waals surface area contributed by atoms with E-state index in [-0.39, 0.29) is 25.7 Å². The summed E-state index contributed by atoms with van der Waals surface area (Å²) >= 11 is 0. The highest BCUT2D eigenvalue weighted by atomic mass is 31.2. The molecule has 0 radical (unpaired) electrons. The largest absolute Gasteiger partial charge is 0.472 e. The van der Waals surface area contributed by atoms with Crippen LogP contribution in [-0.4, -0.2) is 96.7 Å². The van der Waals surface area contributed by atoms with Crippen LogP contribution in [-0.2, 0) is 65.4 Å². The van der Waals surface area contributed by atoms with Crippen LogP contribution in [0.2, 0.25) is 0 Å². The monoisotopic (exact) mass is 1420 g/mol. The molecule has 0 amide bonds. The van der Waals surface area contributed by atoms with E-state index in [1.54, 1.807) is 0 Å². The van der Waals surface area contributed by atoms with E-state index in [9.17, 15) is 43.2 Å². The SMILES string of the molecule is CCCCCCCCCCCCCCCCCCCCCCC(=O)O[C@H](COC(=O)CCCCCCCCCCCCCCCCCCC)COP(=O)(O)OC[C@@H](O)COP(=O)(O)OC[C@@H](COC(=O)CCCCCCCCCCC)OC(=O)CCCCCCCCCCCCC. The topological polar surface area (TPSA) is 237 Å². The number of hydrogen-bond donors (Lipinski definition) is 3. The summed E-state index contributed by atoms with van der Waals surface area (Å²) in [6.07, 6.45) is 63.9. The van der Waals surface area contributed by atoms with Crippen molar-refractivity contribution >= 4 is 39.5 Å². The molecule has 0 saturated heterocycles. The van der Waals surface area contributed by atoms with Gasteiger partial charge in [-0.3, -0.25) is 37.3 Å². The minimum atomic E-state index is -4.96. The number of carbonyl (C=O) groups is 4. The second-order valence-electron chi connectivity index (χ2n) is 28.1. The van der Waals surface area contributed by atoms with Crippen molar-refractivity contribution in [3.05, 3.63) is 0 Å². The maximum Gasteiger partial charge on any atom is 0.472 e. The summed E-state index contributed by atoms with van der Waals surface area (Å²) in [7, 11) is -9.91. The number of carbonyl (C=O) groups excluding carboxylic acids is 4. The first-order valence-corrected chi connectivity index (χ1v) is 43.8. The van der Waals surface area contributed by atoms with Crippen molar-refractivity contribution in [2.75, 3.05) is 39.6 Å². The van der Waals surface area contributed by atoms with E-state index < -0.39 is 97.5 Å². The van der Waals surface area contributed by atoms with Gasteiger partial charge in [0.15, 0.2) is 12.2 Å². The Bertz CT molecular complexity index is 1840. The number of hydrogen-bond acceptors (Lipinski definition) is 15. The minimum Gasteiger partial charge on any atom is -0.462 e. The van der Waals surface area contributed by atoms with Crippen LogP contribution in [0.3, 0.4) is 0 Å². The average Bonchev–Trinajstić information content (AvgIpc) is 1.63. The van der Waals surface area contributed by atoms with Crippen LogP contribution in [0.5, 0.6) is 0 Å². The van der Waals surface area contributed by atoms with Gasteiger partial charge in [0.2, 0.25) is 0 Å². The van der Waals surface area contributed by atoms with E-state index in [1.165, 1.54) is 250 Å². The average molecular weight is 1420 g/mol. The quantitative estimate of drug-likeness (QED) is 0.0222.